The molecule has 0 atom stereocenters. The lowest BCUT2D eigenvalue weighted by atomic mass is 10.2. The van der Waals surface area contributed by atoms with Crippen molar-refractivity contribution in [3.05, 3.63) is 10.1 Å². The van der Waals surface area contributed by atoms with Crippen LogP contribution >= 0.6 is 22.6 Å². The van der Waals surface area contributed by atoms with Crippen molar-refractivity contribution in [2.24, 2.45) is 0 Å². The van der Waals surface area contributed by atoms with Crippen LogP contribution in [0.2, 0.25) is 0 Å². The fourth-order valence-corrected chi connectivity index (χ4v) is 0. The van der Waals surface area contributed by atoms with E-state index < -0.39 is 0 Å². The lowest BCUT2D eigenvalue weighted by Gasteiger charge is -1.46. The first-order chi connectivity index (χ1) is 1.91. The van der Waals surface area contributed by atoms with Gasteiger partial charge in [0.05, 0.1) is 0 Å². The van der Waals surface area contributed by atoms with Gasteiger partial charge in [-0.2, -0.15) is 0 Å². The van der Waals surface area contributed by atoms with Gasteiger partial charge in [-0.3, -0.25) is 0 Å². The second-order valence-electron chi connectivity index (χ2n) is 0.318. The van der Waals surface area contributed by atoms with Gasteiger partial charge in [0.25, 0.3) is 0 Å². The van der Waals surface area contributed by atoms with Crippen LogP contribution in [0.5, 0.6) is 0 Å². The normalized spacial score (nSPS) is 9.25. The molecule has 0 heterocycles. The molecule has 2 heteroatoms. The Labute approximate surface area is 40.8 Å². The third-order valence-corrected chi connectivity index (χ3v) is 0.488. The smallest absolute Gasteiger partial charge is 0.103 e. The number of hydrogen-bond acceptors (Lipinski definition) is 0. The van der Waals surface area contributed by atoms with Gasteiger partial charge < -0.3 is 0 Å². The quantitative estimate of drug-likeness (QED) is 0.370. The van der Waals surface area contributed by atoms with Gasteiger partial charge in [0.15, 0.2) is 0 Å². The largest absolute Gasteiger partial charge is 0.126 e. The molecule has 2 radical (unpaired) electrons. The Bertz CT molecular complexity index is 21.2. The molecule has 0 saturated heterocycles. The summed E-state index contributed by atoms with van der Waals surface area (Å²) in [6, 6.07) is 0. The summed E-state index contributed by atoms with van der Waals surface area (Å²) >= 11 is 2.05. The fraction of sp³-hybridized carbons (Fsp3) is 0. The van der Waals surface area contributed by atoms with E-state index in [1.165, 1.54) is 5.98 Å². The maximum Gasteiger partial charge on any atom is 0.103 e. The molecule has 0 unspecified atom stereocenters. The number of rotatable bonds is 0. The lowest BCUT2D eigenvalue weighted by Crippen LogP contribution is -1.35. The first-order valence-electron chi connectivity index (χ1n) is 0.885. The average Bonchev–Trinajstić information content (AvgIpc) is 1.37. The highest BCUT2D eigenvalue weighted by atomic mass is 127. The molecule has 0 aromatic carbocycles. The zero-order chi connectivity index (χ0) is 3.41. The second kappa shape index (κ2) is 3.53. The van der Waals surface area contributed by atoms with E-state index in [1.807, 2.05) is 22.6 Å². The van der Waals surface area contributed by atoms with E-state index in [0.717, 1.165) is 0 Å². The molecule has 0 rings (SSSR count). The van der Waals surface area contributed by atoms with Gasteiger partial charge in [-0.25, -0.2) is 0 Å². The molecule has 0 aromatic heterocycles. The fourth-order valence-electron chi connectivity index (χ4n) is 0. The zero-order valence-electron chi connectivity index (χ0n) is 2.11. The molecule has 0 aliphatic heterocycles. The maximum atomic E-state index is 4.84. The molecule has 0 bridgehead atoms. The number of halogens is 1. The van der Waals surface area contributed by atoms with Crippen molar-refractivity contribution in [2.45, 2.75) is 0 Å². The summed E-state index contributed by atoms with van der Waals surface area (Å²) in [4.78, 5) is 0. The predicted molar refractivity (Wildman–Crippen MR) is 28.9 cm³/mol. The van der Waals surface area contributed by atoms with Crippen LogP contribution in [0.1, 0.15) is 0 Å². The van der Waals surface area contributed by atoms with Gasteiger partial charge >= 0.3 is 0 Å². The Hall–Kier alpha value is 0.535. The minimum Gasteiger partial charge on any atom is -0.126 e. The van der Waals surface area contributed by atoms with Gasteiger partial charge in [-0.05, 0) is 4.08 Å². The van der Waals surface area contributed by atoms with Gasteiger partial charge in [-0.15, -0.1) is 5.98 Å². The molecule has 20 valence electrons. The maximum absolute atomic E-state index is 4.84. The van der Waals surface area contributed by atoms with Crippen molar-refractivity contribution >= 4 is 30.4 Å². The first kappa shape index (κ1) is 4.53. The summed E-state index contributed by atoms with van der Waals surface area (Å²) in [7, 11) is 4.84. The van der Waals surface area contributed by atoms with Crippen LogP contribution < -0.4 is 0 Å². The highest BCUT2D eigenvalue weighted by Crippen LogP contribution is 1.75. The standard InChI is InChI=1S/C2H2BI/c3-1-2-4/h1-2H/b2-1+. The topological polar surface area (TPSA) is 0 Å². The summed E-state index contributed by atoms with van der Waals surface area (Å²) in [5.74, 6) is 1.49. The zero-order valence-corrected chi connectivity index (χ0v) is 4.27. The van der Waals surface area contributed by atoms with Gasteiger partial charge in [-0.1, -0.05) is 22.6 Å². The highest BCUT2D eigenvalue weighted by molar-refractivity contribution is 14.1. The van der Waals surface area contributed by atoms with E-state index in [2.05, 4.69) is 0 Å². The third-order valence-electron chi connectivity index (χ3n) is 0.0727. The Morgan fingerprint density at radius 1 is 1.75 bits per heavy atom. The number of hydrogen-bond donors (Lipinski definition) is 0. The van der Waals surface area contributed by atoms with Crippen molar-refractivity contribution in [2.75, 3.05) is 0 Å². The predicted octanol–water partition coefficient (Wildman–Crippen LogP) is 1.06. The van der Waals surface area contributed by atoms with E-state index in [9.17, 15) is 0 Å². The van der Waals surface area contributed by atoms with Gasteiger partial charge in [0, 0.05) is 0 Å². The molecular formula is C2H2BI. The Morgan fingerprint density at radius 2 is 2.00 bits per heavy atom. The average molecular weight is 164 g/mol. The van der Waals surface area contributed by atoms with Crippen LogP contribution in [0.25, 0.3) is 0 Å². The summed E-state index contributed by atoms with van der Waals surface area (Å²) in [6.07, 6.45) is 0. The minimum absolute atomic E-state index is 1.49. The Kier molecular flexibility index (Phi) is 4.01. The van der Waals surface area contributed by atoms with E-state index >= 15 is 0 Å². The van der Waals surface area contributed by atoms with E-state index in [4.69, 9.17) is 7.85 Å². The summed E-state index contributed by atoms with van der Waals surface area (Å²) in [5.41, 5.74) is 0. The first-order valence-corrected chi connectivity index (χ1v) is 2.13. The monoisotopic (exact) mass is 164 g/mol. The van der Waals surface area contributed by atoms with E-state index in [1.54, 1.807) is 4.08 Å². The molecule has 0 spiro atoms. The Balaban J connectivity index is 2.55. The van der Waals surface area contributed by atoms with Crippen molar-refractivity contribution in [3.63, 3.8) is 0 Å². The minimum atomic E-state index is 1.49. The SMILES string of the molecule is [B]/C=C/I. The van der Waals surface area contributed by atoms with E-state index in [0.29, 0.717) is 0 Å². The lowest BCUT2D eigenvalue weighted by molar-refractivity contribution is 2.60. The molecule has 0 amide bonds. The van der Waals surface area contributed by atoms with Crippen molar-refractivity contribution < 1.29 is 0 Å². The Morgan fingerprint density at radius 3 is 2.00 bits per heavy atom. The molecule has 0 N–H and O–H groups in total. The van der Waals surface area contributed by atoms with Crippen molar-refractivity contribution in [3.8, 4) is 0 Å². The van der Waals surface area contributed by atoms with Gasteiger partial charge in [0.1, 0.15) is 7.85 Å². The summed E-state index contributed by atoms with van der Waals surface area (Å²) in [6.45, 7) is 0. The molecule has 0 aliphatic carbocycles. The van der Waals surface area contributed by atoms with Crippen LogP contribution in [0, 0.1) is 0 Å². The highest BCUT2D eigenvalue weighted by Gasteiger charge is 1.37. The van der Waals surface area contributed by atoms with Crippen LogP contribution in [-0.2, 0) is 0 Å². The second-order valence-corrected chi connectivity index (χ2v) is 1.04. The molecule has 0 fully saturated rings. The van der Waals surface area contributed by atoms with Crippen molar-refractivity contribution in [1.82, 2.24) is 0 Å². The van der Waals surface area contributed by atoms with Crippen LogP contribution in [0.4, 0.5) is 0 Å². The van der Waals surface area contributed by atoms with Crippen LogP contribution in [-0.4, -0.2) is 7.85 Å². The molecule has 0 saturated carbocycles. The van der Waals surface area contributed by atoms with Crippen molar-refractivity contribution in [1.29, 1.82) is 0 Å². The molecule has 0 aliphatic rings. The third kappa shape index (κ3) is 2.53. The summed E-state index contributed by atoms with van der Waals surface area (Å²) in [5, 5.41) is 0. The molecule has 0 nitrogen and oxygen atoms in total. The summed E-state index contributed by atoms with van der Waals surface area (Å²) < 4.78 is 1.75. The molecule has 0 aromatic rings. The van der Waals surface area contributed by atoms with Gasteiger partial charge in [0.2, 0.25) is 0 Å². The molecular weight excluding hydrogens is 162 g/mol. The van der Waals surface area contributed by atoms with Crippen LogP contribution in [0.15, 0.2) is 10.1 Å². The van der Waals surface area contributed by atoms with E-state index in [-0.39, 0.29) is 0 Å². The molecule has 4 heavy (non-hydrogen) atoms. The van der Waals surface area contributed by atoms with Crippen LogP contribution in [0.3, 0.4) is 0 Å².